The van der Waals surface area contributed by atoms with Crippen LogP contribution in [0.4, 0.5) is 4.39 Å². The summed E-state index contributed by atoms with van der Waals surface area (Å²) < 4.78 is 13.1. The zero-order chi connectivity index (χ0) is 11.1. The molecule has 2 heterocycles. The van der Waals surface area contributed by atoms with Gasteiger partial charge in [-0.25, -0.2) is 9.40 Å². The van der Waals surface area contributed by atoms with Crippen LogP contribution in [-0.4, -0.2) is 29.0 Å². The van der Waals surface area contributed by atoms with Gasteiger partial charge in [0, 0.05) is 19.5 Å². The highest BCUT2D eigenvalue weighted by molar-refractivity contribution is 5.78. The number of nitrogens with zero attached hydrogens (tertiary/aromatic N) is 2. The summed E-state index contributed by atoms with van der Waals surface area (Å²) in [5.74, 6) is -0.0747. The van der Waals surface area contributed by atoms with Crippen LogP contribution >= 0.6 is 0 Å². The molecule has 2 aliphatic rings. The van der Waals surface area contributed by atoms with Gasteiger partial charge in [-0.05, 0) is 24.1 Å². The molecule has 0 saturated carbocycles. The van der Waals surface area contributed by atoms with Gasteiger partial charge in [-0.2, -0.15) is 0 Å². The van der Waals surface area contributed by atoms with E-state index >= 15 is 0 Å². The van der Waals surface area contributed by atoms with Crippen LogP contribution < -0.4 is 0 Å². The molecule has 3 rings (SSSR count). The lowest BCUT2D eigenvalue weighted by Gasteiger charge is -2.25. The van der Waals surface area contributed by atoms with E-state index in [0.29, 0.717) is 6.42 Å². The summed E-state index contributed by atoms with van der Waals surface area (Å²) in [5, 5.41) is 3.87. The molecule has 1 aromatic rings. The van der Waals surface area contributed by atoms with Gasteiger partial charge in [-0.1, -0.05) is 12.1 Å². The van der Waals surface area contributed by atoms with Crippen LogP contribution in [0.15, 0.2) is 24.3 Å². The second-order valence-electron chi connectivity index (χ2n) is 4.30. The van der Waals surface area contributed by atoms with Gasteiger partial charge in [0.15, 0.2) is 0 Å². The van der Waals surface area contributed by atoms with Crippen molar-refractivity contribution in [2.75, 3.05) is 13.1 Å². The summed E-state index contributed by atoms with van der Waals surface area (Å²) in [7, 11) is 0. The molecule has 1 unspecified atom stereocenters. The van der Waals surface area contributed by atoms with Crippen molar-refractivity contribution < 1.29 is 9.18 Å². The normalized spacial score (nSPS) is 25.2. The predicted octanol–water partition coefficient (Wildman–Crippen LogP) is 1.72. The molecule has 1 aromatic carbocycles. The number of rotatable bonds is 1. The highest BCUT2D eigenvalue weighted by Gasteiger charge is 2.40. The van der Waals surface area contributed by atoms with Crippen molar-refractivity contribution in [3.05, 3.63) is 35.6 Å². The first-order valence-corrected chi connectivity index (χ1v) is 5.58. The summed E-state index contributed by atoms with van der Waals surface area (Å²) in [6.45, 7) is 1.71. The molecular weight excluding hydrogens is 207 g/mol. The van der Waals surface area contributed by atoms with E-state index in [-0.39, 0.29) is 17.8 Å². The van der Waals surface area contributed by atoms with Crippen molar-refractivity contribution >= 4 is 5.91 Å². The van der Waals surface area contributed by atoms with Gasteiger partial charge >= 0.3 is 0 Å². The minimum atomic E-state index is -0.234. The van der Waals surface area contributed by atoms with Gasteiger partial charge in [0.25, 0.3) is 0 Å². The van der Waals surface area contributed by atoms with Crippen molar-refractivity contribution in [1.29, 1.82) is 0 Å². The monoisotopic (exact) mass is 220 g/mol. The van der Waals surface area contributed by atoms with Crippen LogP contribution in [0.5, 0.6) is 0 Å². The molecule has 16 heavy (non-hydrogen) atoms. The maximum atomic E-state index is 13.1. The van der Waals surface area contributed by atoms with Crippen LogP contribution in [0, 0.1) is 5.82 Å². The Balaban J connectivity index is 1.93. The van der Waals surface area contributed by atoms with Crippen molar-refractivity contribution in [3.63, 3.8) is 0 Å². The second kappa shape index (κ2) is 3.56. The largest absolute Gasteiger partial charge is 0.273 e. The van der Waals surface area contributed by atoms with Crippen LogP contribution in [0.1, 0.15) is 24.4 Å². The molecule has 2 aliphatic heterocycles. The lowest BCUT2D eigenvalue weighted by Crippen LogP contribution is -2.33. The average molecular weight is 220 g/mol. The Morgan fingerprint density at radius 3 is 3.00 bits per heavy atom. The van der Waals surface area contributed by atoms with Crippen molar-refractivity contribution in [2.24, 2.45) is 0 Å². The van der Waals surface area contributed by atoms with Gasteiger partial charge in [0.05, 0.1) is 6.04 Å². The summed E-state index contributed by atoms with van der Waals surface area (Å²) in [4.78, 5) is 11.7. The smallest absolute Gasteiger partial charge is 0.238 e. The SMILES string of the molecule is O=C1CCN2CCC(c3cccc(F)c3)N12. The number of benzene rings is 1. The van der Waals surface area contributed by atoms with Crippen molar-refractivity contribution in [3.8, 4) is 0 Å². The molecule has 0 spiro atoms. The summed E-state index contributed by atoms with van der Waals surface area (Å²) in [6.07, 6.45) is 1.49. The first kappa shape index (κ1) is 9.78. The summed E-state index contributed by atoms with van der Waals surface area (Å²) in [5.41, 5.74) is 0.901. The maximum Gasteiger partial charge on any atom is 0.238 e. The Kier molecular flexibility index (Phi) is 2.17. The third kappa shape index (κ3) is 1.41. The lowest BCUT2D eigenvalue weighted by atomic mass is 10.0. The van der Waals surface area contributed by atoms with Gasteiger partial charge in [0.2, 0.25) is 5.91 Å². The zero-order valence-corrected chi connectivity index (χ0v) is 8.90. The van der Waals surface area contributed by atoms with E-state index in [1.807, 2.05) is 6.07 Å². The molecule has 2 fully saturated rings. The number of carbonyl (C=O) groups is 1. The molecule has 4 heteroatoms. The van der Waals surface area contributed by atoms with Crippen molar-refractivity contribution in [1.82, 2.24) is 10.0 Å². The van der Waals surface area contributed by atoms with E-state index < -0.39 is 0 Å². The van der Waals surface area contributed by atoms with E-state index in [1.165, 1.54) is 12.1 Å². The maximum absolute atomic E-state index is 13.1. The summed E-state index contributed by atoms with van der Waals surface area (Å²) in [6, 6.07) is 6.59. The quantitative estimate of drug-likeness (QED) is 0.719. The first-order valence-electron chi connectivity index (χ1n) is 5.58. The first-order chi connectivity index (χ1) is 7.75. The van der Waals surface area contributed by atoms with Crippen LogP contribution in [0.2, 0.25) is 0 Å². The molecule has 0 radical (unpaired) electrons. The lowest BCUT2D eigenvalue weighted by molar-refractivity contribution is -0.137. The Bertz CT molecular complexity index is 435. The van der Waals surface area contributed by atoms with Gasteiger partial charge in [-0.15, -0.1) is 0 Å². The van der Waals surface area contributed by atoms with E-state index in [9.17, 15) is 9.18 Å². The van der Waals surface area contributed by atoms with Gasteiger partial charge < -0.3 is 0 Å². The van der Waals surface area contributed by atoms with Crippen LogP contribution in [0.25, 0.3) is 0 Å². The minimum absolute atomic E-state index is 0.0331. The van der Waals surface area contributed by atoms with Gasteiger partial charge in [0.1, 0.15) is 5.82 Å². The molecule has 1 atom stereocenters. The van der Waals surface area contributed by atoms with Crippen molar-refractivity contribution in [2.45, 2.75) is 18.9 Å². The number of halogens is 1. The fourth-order valence-corrected chi connectivity index (χ4v) is 2.61. The molecule has 3 nitrogen and oxygen atoms in total. The molecule has 0 aliphatic carbocycles. The highest BCUT2D eigenvalue weighted by atomic mass is 19.1. The Labute approximate surface area is 93.4 Å². The number of carbonyl (C=O) groups excluding carboxylic acids is 1. The molecule has 84 valence electrons. The minimum Gasteiger partial charge on any atom is -0.273 e. The third-order valence-corrected chi connectivity index (χ3v) is 3.33. The number of amides is 1. The molecule has 2 saturated heterocycles. The number of fused-ring (bicyclic) bond motifs is 1. The highest BCUT2D eigenvalue weighted by Crippen LogP contribution is 2.35. The van der Waals surface area contributed by atoms with E-state index in [1.54, 1.807) is 11.1 Å². The molecule has 0 bridgehead atoms. The van der Waals surface area contributed by atoms with Crippen LogP contribution in [0.3, 0.4) is 0 Å². The standard InChI is InChI=1S/C12H13FN2O/c13-10-3-1-2-9(8-10)11-4-6-14-7-5-12(16)15(11)14/h1-3,8,11H,4-7H2. The Hall–Kier alpha value is -1.42. The molecule has 0 aromatic heterocycles. The Morgan fingerprint density at radius 2 is 2.19 bits per heavy atom. The zero-order valence-electron chi connectivity index (χ0n) is 8.90. The Morgan fingerprint density at radius 1 is 1.31 bits per heavy atom. The number of hydrogen-bond acceptors (Lipinski definition) is 2. The average Bonchev–Trinajstić information content (AvgIpc) is 2.82. The fourth-order valence-electron chi connectivity index (χ4n) is 2.61. The topological polar surface area (TPSA) is 23.6 Å². The molecular formula is C12H13FN2O. The fraction of sp³-hybridized carbons (Fsp3) is 0.417. The second-order valence-corrected chi connectivity index (χ2v) is 4.30. The van der Waals surface area contributed by atoms with Crippen LogP contribution in [-0.2, 0) is 4.79 Å². The van der Waals surface area contributed by atoms with E-state index in [4.69, 9.17) is 0 Å². The summed E-state index contributed by atoms with van der Waals surface area (Å²) >= 11 is 0. The van der Waals surface area contributed by atoms with E-state index in [2.05, 4.69) is 5.01 Å². The molecule has 0 N–H and O–H groups in total. The number of hydrazine groups is 1. The molecule has 1 amide bonds. The van der Waals surface area contributed by atoms with Gasteiger partial charge in [-0.3, -0.25) is 9.80 Å². The van der Waals surface area contributed by atoms with E-state index in [0.717, 1.165) is 25.1 Å². The third-order valence-electron chi connectivity index (χ3n) is 3.33. The predicted molar refractivity (Wildman–Crippen MR) is 56.8 cm³/mol. The number of hydrogen-bond donors (Lipinski definition) is 0.